The van der Waals surface area contributed by atoms with Crippen molar-refractivity contribution in [1.82, 2.24) is 24.8 Å². The number of piperidine rings is 1. The number of benzene rings is 1. The Hall–Kier alpha value is -2.84. The first-order valence-corrected chi connectivity index (χ1v) is 11.5. The second-order valence-corrected chi connectivity index (χ2v) is 9.12. The zero-order chi connectivity index (χ0) is 19.2. The lowest BCUT2D eigenvalue weighted by atomic mass is 9.97. The maximum Gasteiger partial charge on any atom is 0.186 e. The summed E-state index contributed by atoms with van der Waals surface area (Å²) < 4.78 is 3.14. The summed E-state index contributed by atoms with van der Waals surface area (Å²) in [6, 6.07) is 14.5. The first kappa shape index (κ1) is 17.1. The van der Waals surface area contributed by atoms with Crippen molar-refractivity contribution in [3.63, 3.8) is 0 Å². The number of anilines is 1. The highest BCUT2D eigenvalue weighted by atomic mass is 32.1. The topological polar surface area (TPSA) is 59.2 Å². The minimum atomic E-state index is 0.531. The van der Waals surface area contributed by atoms with Gasteiger partial charge in [0, 0.05) is 30.0 Å². The molecule has 0 bridgehead atoms. The molecule has 1 fully saturated rings. The second-order valence-electron chi connectivity index (χ2n) is 7.28. The average Bonchev–Trinajstić information content (AvgIpc) is 3.52. The van der Waals surface area contributed by atoms with Crippen LogP contribution in [0.2, 0.25) is 0 Å². The maximum absolute atomic E-state index is 4.87. The molecule has 6 rings (SSSR count). The Morgan fingerprint density at radius 3 is 2.69 bits per heavy atom. The molecule has 4 aromatic heterocycles. The van der Waals surface area contributed by atoms with Crippen molar-refractivity contribution in [2.24, 2.45) is 0 Å². The first-order valence-electron chi connectivity index (χ1n) is 9.70. The van der Waals surface area contributed by atoms with Gasteiger partial charge in [-0.25, -0.2) is 4.98 Å². The van der Waals surface area contributed by atoms with Crippen molar-refractivity contribution in [3.8, 4) is 11.4 Å². The molecule has 0 saturated carbocycles. The summed E-state index contributed by atoms with van der Waals surface area (Å²) in [5, 5.41) is 18.8. The van der Waals surface area contributed by atoms with Gasteiger partial charge in [0.2, 0.25) is 0 Å². The molecule has 0 unspecified atom stereocenters. The van der Waals surface area contributed by atoms with Gasteiger partial charge in [0.15, 0.2) is 11.5 Å². The molecule has 0 N–H and O–H groups in total. The Morgan fingerprint density at radius 1 is 0.966 bits per heavy atom. The molecule has 0 aliphatic carbocycles. The number of hydrogen-bond acceptors (Lipinski definition) is 7. The van der Waals surface area contributed by atoms with E-state index >= 15 is 0 Å². The molecule has 0 radical (unpaired) electrons. The Balaban J connectivity index is 1.24. The van der Waals surface area contributed by atoms with Crippen molar-refractivity contribution >= 4 is 44.4 Å². The monoisotopic (exact) mass is 418 g/mol. The van der Waals surface area contributed by atoms with E-state index in [2.05, 4.69) is 56.9 Å². The molecule has 144 valence electrons. The molecule has 1 aliphatic rings. The largest absolute Gasteiger partial charge is 0.355 e. The highest BCUT2D eigenvalue weighted by molar-refractivity contribution is 7.18. The van der Waals surface area contributed by atoms with Gasteiger partial charge in [-0.15, -0.1) is 26.6 Å². The van der Waals surface area contributed by atoms with Crippen LogP contribution in [0.4, 0.5) is 5.82 Å². The summed E-state index contributed by atoms with van der Waals surface area (Å²) in [7, 11) is 0. The molecule has 8 heteroatoms. The Morgan fingerprint density at radius 2 is 1.86 bits per heavy atom. The van der Waals surface area contributed by atoms with Crippen LogP contribution in [0.1, 0.15) is 23.8 Å². The Labute approximate surface area is 175 Å². The molecule has 5 heterocycles. The Bertz CT molecular complexity index is 1250. The highest BCUT2D eigenvalue weighted by Gasteiger charge is 2.24. The predicted octanol–water partition coefficient (Wildman–Crippen LogP) is 4.85. The lowest BCUT2D eigenvalue weighted by Gasteiger charge is -2.31. The summed E-state index contributed by atoms with van der Waals surface area (Å²) in [6.45, 7) is 1.96. The fourth-order valence-electron chi connectivity index (χ4n) is 3.94. The molecule has 0 amide bonds. The van der Waals surface area contributed by atoms with Crippen molar-refractivity contribution in [2.45, 2.75) is 18.8 Å². The molecule has 1 saturated heterocycles. The second kappa shape index (κ2) is 6.89. The number of para-hydroxylation sites is 1. The van der Waals surface area contributed by atoms with Gasteiger partial charge in [-0.1, -0.05) is 12.1 Å². The van der Waals surface area contributed by atoms with E-state index in [9.17, 15) is 0 Å². The summed E-state index contributed by atoms with van der Waals surface area (Å²) in [5.74, 6) is 2.31. The fraction of sp³-hybridized carbons (Fsp3) is 0.238. The molecule has 1 aliphatic heterocycles. The van der Waals surface area contributed by atoms with Crippen LogP contribution in [0.3, 0.4) is 0 Å². The van der Waals surface area contributed by atoms with Crippen LogP contribution in [0.15, 0.2) is 53.2 Å². The van der Waals surface area contributed by atoms with E-state index in [1.807, 2.05) is 27.3 Å². The third-order valence-corrected chi connectivity index (χ3v) is 7.39. The zero-order valence-electron chi connectivity index (χ0n) is 15.6. The van der Waals surface area contributed by atoms with Gasteiger partial charge in [0.05, 0.1) is 15.2 Å². The summed E-state index contributed by atoms with van der Waals surface area (Å²) in [4.78, 5) is 7.23. The lowest BCUT2D eigenvalue weighted by molar-refractivity contribution is 0.500. The van der Waals surface area contributed by atoms with Gasteiger partial charge in [0.25, 0.3) is 0 Å². The molecule has 1 aromatic carbocycles. The van der Waals surface area contributed by atoms with Crippen molar-refractivity contribution in [1.29, 1.82) is 0 Å². The minimum Gasteiger partial charge on any atom is -0.355 e. The smallest absolute Gasteiger partial charge is 0.186 e. The molecule has 0 spiro atoms. The summed E-state index contributed by atoms with van der Waals surface area (Å²) >= 11 is 3.49. The summed E-state index contributed by atoms with van der Waals surface area (Å²) in [6.07, 6.45) is 2.19. The lowest BCUT2D eigenvalue weighted by Crippen LogP contribution is -2.33. The van der Waals surface area contributed by atoms with E-state index in [1.54, 1.807) is 11.3 Å². The summed E-state index contributed by atoms with van der Waals surface area (Å²) in [5.41, 5.74) is 2.96. The van der Waals surface area contributed by atoms with Crippen molar-refractivity contribution in [3.05, 3.63) is 58.2 Å². The third-order valence-electron chi connectivity index (χ3n) is 5.51. The number of nitrogens with zero attached hydrogens (tertiary/aromatic N) is 6. The SMILES string of the molecule is c1ccc2sc(C3CCN(c4ccc5nnc(-c6ccsc6)n5n4)CC3)nc2c1. The van der Waals surface area contributed by atoms with Gasteiger partial charge >= 0.3 is 0 Å². The van der Waals surface area contributed by atoms with E-state index in [1.165, 1.54) is 9.71 Å². The average molecular weight is 419 g/mol. The highest BCUT2D eigenvalue weighted by Crippen LogP contribution is 2.34. The third kappa shape index (κ3) is 2.99. The number of rotatable bonds is 3. The van der Waals surface area contributed by atoms with Crippen molar-refractivity contribution < 1.29 is 0 Å². The molecular weight excluding hydrogens is 400 g/mol. The van der Waals surface area contributed by atoms with E-state index in [4.69, 9.17) is 10.1 Å². The number of thiophene rings is 1. The molecule has 5 aromatic rings. The van der Waals surface area contributed by atoms with E-state index in [-0.39, 0.29) is 0 Å². The normalized spacial score (nSPS) is 15.5. The molecule has 0 atom stereocenters. The van der Waals surface area contributed by atoms with Gasteiger partial charge < -0.3 is 4.90 Å². The van der Waals surface area contributed by atoms with E-state index < -0.39 is 0 Å². The van der Waals surface area contributed by atoms with E-state index in [0.717, 1.165) is 54.3 Å². The predicted molar refractivity (Wildman–Crippen MR) is 118 cm³/mol. The van der Waals surface area contributed by atoms with Crippen molar-refractivity contribution in [2.75, 3.05) is 18.0 Å². The Kier molecular flexibility index (Phi) is 4.05. The van der Waals surface area contributed by atoms with Gasteiger partial charge in [-0.05, 0) is 48.6 Å². The van der Waals surface area contributed by atoms with Crippen LogP contribution < -0.4 is 4.90 Å². The standard InChI is InChI=1S/C21H18N6S2/c1-2-4-17-16(3-1)22-21(29-17)14-7-10-26(11-8-14)19-6-5-18-23-24-20(27(18)25-19)15-9-12-28-13-15/h1-6,9,12-14H,7-8,10-11H2. The number of thiazole rings is 1. The fourth-order valence-corrected chi connectivity index (χ4v) is 5.71. The van der Waals surface area contributed by atoms with Crippen LogP contribution in [-0.4, -0.2) is 37.9 Å². The molecular formula is C21H18N6S2. The maximum atomic E-state index is 4.87. The van der Waals surface area contributed by atoms with Gasteiger partial charge in [-0.3, -0.25) is 0 Å². The van der Waals surface area contributed by atoms with Crippen LogP contribution in [0, 0.1) is 0 Å². The van der Waals surface area contributed by atoms with Crippen LogP contribution in [0.5, 0.6) is 0 Å². The zero-order valence-corrected chi connectivity index (χ0v) is 17.2. The van der Waals surface area contributed by atoms with Gasteiger partial charge in [-0.2, -0.15) is 15.9 Å². The quantitative estimate of drug-likeness (QED) is 0.419. The van der Waals surface area contributed by atoms with Gasteiger partial charge in [0.1, 0.15) is 5.82 Å². The molecule has 29 heavy (non-hydrogen) atoms. The number of fused-ring (bicyclic) bond motifs is 2. The first-order chi connectivity index (χ1) is 14.3. The number of hydrogen-bond donors (Lipinski definition) is 0. The minimum absolute atomic E-state index is 0.531. The van der Waals surface area contributed by atoms with Crippen LogP contribution >= 0.6 is 22.7 Å². The number of aromatic nitrogens is 5. The van der Waals surface area contributed by atoms with E-state index in [0.29, 0.717) is 5.92 Å². The molecule has 6 nitrogen and oxygen atoms in total. The van der Waals surface area contributed by atoms with Crippen LogP contribution in [0.25, 0.3) is 27.3 Å². The van der Waals surface area contributed by atoms with Crippen LogP contribution in [-0.2, 0) is 0 Å².